The highest BCUT2D eigenvalue weighted by Gasteiger charge is 2.32. The van der Waals surface area contributed by atoms with E-state index in [4.69, 9.17) is 10.5 Å². The number of nitrogens with two attached hydrogens (primary N) is 1. The second-order valence-electron chi connectivity index (χ2n) is 5.18. The highest BCUT2D eigenvalue weighted by atomic mass is 16.5. The molecule has 3 N–H and O–H groups in total. The molecule has 1 aromatic carbocycles. The van der Waals surface area contributed by atoms with E-state index in [1.54, 1.807) is 13.2 Å². The predicted molar refractivity (Wildman–Crippen MR) is 74.4 cm³/mol. The molecule has 4 heteroatoms. The lowest BCUT2D eigenvalue weighted by Crippen LogP contribution is -2.24. The van der Waals surface area contributed by atoms with E-state index in [0.717, 1.165) is 25.7 Å². The molecule has 2 rings (SSSR count). The molecule has 1 saturated carbocycles. The van der Waals surface area contributed by atoms with Gasteiger partial charge in [-0.3, -0.25) is 4.79 Å². The summed E-state index contributed by atoms with van der Waals surface area (Å²) >= 11 is 0. The largest absolute Gasteiger partial charge is 0.495 e. The van der Waals surface area contributed by atoms with Crippen molar-refractivity contribution in [2.75, 3.05) is 12.8 Å². The Kier molecular flexibility index (Phi) is 4.30. The van der Waals surface area contributed by atoms with E-state index in [1.807, 2.05) is 12.1 Å². The van der Waals surface area contributed by atoms with Gasteiger partial charge < -0.3 is 15.6 Å². The number of para-hydroxylation sites is 1. The Morgan fingerprint density at radius 1 is 1.37 bits per heavy atom. The Labute approximate surface area is 113 Å². The summed E-state index contributed by atoms with van der Waals surface area (Å²) in [6, 6.07) is 5.38. The molecule has 0 radical (unpaired) electrons. The van der Waals surface area contributed by atoms with Crippen molar-refractivity contribution in [2.45, 2.75) is 38.0 Å². The molecule has 1 atom stereocenters. The van der Waals surface area contributed by atoms with Crippen molar-refractivity contribution in [1.82, 2.24) is 0 Å². The van der Waals surface area contributed by atoms with E-state index in [9.17, 15) is 9.90 Å². The molecule has 1 aliphatic rings. The predicted octanol–water partition coefficient (Wildman–Crippen LogP) is 3.03. The average molecular weight is 263 g/mol. The van der Waals surface area contributed by atoms with Gasteiger partial charge in [0.15, 0.2) is 0 Å². The molecule has 1 unspecified atom stereocenters. The van der Waals surface area contributed by atoms with Crippen LogP contribution >= 0.6 is 0 Å². The maximum Gasteiger partial charge on any atom is 0.311 e. The van der Waals surface area contributed by atoms with Crippen LogP contribution in [0.4, 0.5) is 5.69 Å². The van der Waals surface area contributed by atoms with Crippen LogP contribution in [0.15, 0.2) is 18.2 Å². The Morgan fingerprint density at radius 3 is 2.63 bits per heavy atom. The number of benzene rings is 1. The fraction of sp³-hybridized carbons (Fsp3) is 0.533. The van der Waals surface area contributed by atoms with Crippen LogP contribution in [0.25, 0.3) is 0 Å². The number of hydrogen-bond donors (Lipinski definition) is 2. The number of methoxy groups -OCH3 is 1. The number of carboxylic acids is 1. The van der Waals surface area contributed by atoms with Gasteiger partial charge in [0.25, 0.3) is 0 Å². The molecule has 104 valence electrons. The molecule has 0 amide bonds. The number of anilines is 1. The summed E-state index contributed by atoms with van der Waals surface area (Å²) in [7, 11) is 1.55. The van der Waals surface area contributed by atoms with E-state index in [2.05, 4.69) is 0 Å². The molecule has 0 bridgehead atoms. The summed E-state index contributed by atoms with van der Waals surface area (Å²) in [5.41, 5.74) is 7.21. The normalized spacial score (nSPS) is 17.9. The first-order valence-electron chi connectivity index (χ1n) is 6.80. The molecule has 0 heterocycles. The van der Waals surface area contributed by atoms with Gasteiger partial charge in [-0.1, -0.05) is 31.4 Å². The smallest absolute Gasteiger partial charge is 0.311 e. The van der Waals surface area contributed by atoms with Crippen LogP contribution in [0.5, 0.6) is 5.75 Å². The summed E-state index contributed by atoms with van der Waals surface area (Å²) in [5.74, 6) is -0.567. The zero-order valence-corrected chi connectivity index (χ0v) is 11.3. The fourth-order valence-electron chi connectivity index (χ4n) is 3.07. The minimum Gasteiger partial charge on any atom is -0.495 e. The number of rotatable bonds is 4. The first kappa shape index (κ1) is 13.7. The van der Waals surface area contributed by atoms with Gasteiger partial charge in [-0.15, -0.1) is 0 Å². The van der Waals surface area contributed by atoms with Crippen LogP contribution in [0, 0.1) is 5.92 Å². The van der Waals surface area contributed by atoms with Gasteiger partial charge in [0.2, 0.25) is 0 Å². The van der Waals surface area contributed by atoms with Crippen molar-refractivity contribution in [3.05, 3.63) is 23.8 Å². The lowest BCUT2D eigenvalue weighted by atomic mass is 9.76. The molecule has 1 aromatic rings. The standard InChI is InChI=1S/C15H21NO3/c1-19-12-9-5-8-11(14(12)16)13(15(17)18)10-6-3-2-4-7-10/h5,8-10,13H,2-4,6-7,16H2,1H3,(H,17,18). The quantitative estimate of drug-likeness (QED) is 0.819. The zero-order valence-electron chi connectivity index (χ0n) is 11.3. The lowest BCUT2D eigenvalue weighted by Gasteiger charge is -2.28. The van der Waals surface area contributed by atoms with Gasteiger partial charge in [-0.25, -0.2) is 0 Å². The summed E-state index contributed by atoms with van der Waals surface area (Å²) < 4.78 is 5.18. The van der Waals surface area contributed by atoms with Crippen molar-refractivity contribution in [2.24, 2.45) is 5.92 Å². The first-order chi connectivity index (χ1) is 9.15. The Bertz CT molecular complexity index is 453. The van der Waals surface area contributed by atoms with Crippen molar-refractivity contribution in [3.63, 3.8) is 0 Å². The number of carbonyl (C=O) groups is 1. The molecule has 1 fully saturated rings. The topological polar surface area (TPSA) is 72.5 Å². The van der Waals surface area contributed by atoms with Gasteiger partial charge in [-0.2, -0.15) is 0 Å². The third-order valence-corrected chi connectivity index (χ3v) is 4.04. The van der Waals surface area contributed by atoms with Crippen molar-refractivity contribution < 1.29 is 14.6 Å². The highest BCUT2D eigenvalue weighted by molar-refractivity contribution is 5.80. The molecule has 4 nitrogen and oxygen atoms in total. The SMILES string of the molecule is COc1cccc(C(C(=O)O)C2CCCCC2)c1N. The van der Waals surface area contributed by atoms with Gasteiger partial charge in [0, 0.05) is 0 Å². The fourth-order valence-corrected chi connectivity index (χ4v) is 3.07. The maximum absolute atomic E-state index is 11.7. The van der Waals surface area contributed by atoms with Gasteiger partial charge in [-0.05, 0) is 30.4 Å². The molecule has 1 aliphatic carbocycles. The summed E-state index contributed by atoms with van der Waals surface area (Å²) in [6.45, 7) is 0. The van der Waals surface area contributed by atoms with E-state index in [1.165, 1.54) is 6.42 Å². The Balaban J connectivity index is 2.36. The summed E-state index contributed by atoms with van der Waals surface area (Å²) in [5, 5.41) is 9.57. The number of nitrogen functional groups attached to an aromatic ring is 1. The number of aliphatic carboxylic acids is 1. The van der Waals surface area contributed by atoms with Crippen LogP contribution in [-0.2, 0) is 4.79 Å². The molecular weight excluding hydrogens is 242 g/mol. The van der Waals surface area contributed by atoms with Crippen LogP contribution in [0.2, 0.25) is 0 Å². The molecule has 0 aliphatic heterocycles. The number of ether oxygens (including phenoxy) is 1. The average Bonchev–Trinajstić information content (AvgIpc) is 2.42. The second-order valence-corrected chi connectivity index (χ2v) is 5.18. The summed E-state index contributed by atoms with van der Waals surface area (Å²) in [4.78, 5) is 11.7. The third-order valence-electron chi connectivity index (χ3n) is 4.04. The van der Waals surface area contributed by atoms with Crippen LogP contribution in [-0.4, -0.2) is 18.2 Å². The van der Waals surface area contributed by atoms with Crippen LogP contribution in [0.1, 0.15) is 43.6 Å². The molecule has 0 aromatic heterocycles. The number of hydrogen-bond acceptors (Lipinski definition) is 3. The third kappa shape index (κ3) is 2.83. The van der Waals surface area contributed by atoms with Crippen LogP contribution in [0.3, 0.4) is 0 Å². The van der Waals surface area contributed by atoms with E-state index in [0.29, 0.717) is 17.0 Å². The number of carboxylic acid groups (broad SMARTS) is 1. The molecule has 19 heavy (non-hydrogen) atoms. The monoisotopic (exact) mass is 263 g/mol. The highest BCUT2D eigenvalue weighted by Crippen LogP contribution is 2.40. The van der Waals surface area contributed by atoms with Crippen molar-refractivity contribution in [3.8, 4) is 5.75 Å². The van der Waals surface area contributed by atoms with E-state index < -0.39 is 11.9 Å². The van der Waals surface area contributed by atoms with Crippen molar-refractivity contribution >= 4 is 11.7 Å². The van der Waals surface area contributed by atoms with E-state index in [-0.39, 0.29) is 5.92 Å². The van der Waals surface area contributed by atoms with Gasteiger partial charge in [0.1, 0.15) is 5.75 Å². The Morgan fingerprint density at radius 2 is 2.05 bits per heavy atom. The van der Waals surface area contributed by atoms with Crippen LogP contribution < -0.4 is 10.5 Å². The van der Waals surface area contributed by atoms with Gasteiger partial charge in [0.05, 0.1) is 18.7 Å². The lowest BCUT2D eigenvalue weighted by molar-refractivity contribution is -0.140. The van der Waals surface area contributed by atoms with Crippen molar-refractivity contribution in [1.29, 1.82) is 0 Å². The summed E-state index contributed by atoms with van der Waals surface area (Å²) in [6.07, 6.45) is 5.36. The Hall–Kier alpha value is -1.71. The zero-order chi connectivity index (χ0) is 13.8. The minimum absolute atomic E-state index is 0.181. The second kappa shape index (κ2) is 5.95. The molecule has 0 saturated heterocycles. The first-order valence-corrected chi connectivity index (χ1v) is 6.80. The molecular formula is C15H21NO3. The van der Waals surface area contributed by atoms with E-state index >= 15 is 0 Å². The van der Waals surface area contributed by atoms with Gasteiger partial charge >= 0.3 is 5.97 Å². The maximum atomic E-state index is 11.7. The molecule has 0 spiro atoms. The minimum atomic E-state index is -0.785.